The fourth-order valence-corrected chi connectivity index (χ4v) is 4.48. The topological polar surface area (TPSA) is 135 Å². The molecule has 1 unspecified atom stereocenters. The first kappa shape index (κ1) is 21.1. The maximum atomic E-state index is 11.9. The molecule has 1 aromatic heterocycles. The lowest BCUT2D eigenvalue weighted by Gasteiger charge is -2.32. The number of carbonyl (C=O) groups is 1. The Kier molecular flexibility index (Phi) is 5.65. The third-order valence-corrected chi connectivity index (χ3v) is 6.22. The number of benzene rings is 1. The molecule has 0 amide bonds. The van der Waals surface area contributed by atoms with Gasteiger partial charge in [-0.3, -0.25) is 4.79 Å². The first-order valence-electron chi connectivity index (χ1n) is 10.2. The summed E-state index contributed by atoms with van der Waals surface area (Å²) < 4.78 is 1.41. The van der Waals surface area contributed by atoms with E-state index in [1.54, 1.807) is 30.1 Å². The number of nitrogens with one attached hydrogen (secondary N) is 2. The van der Waals surface area contributed by atoms with Crippen molar-refractivity contribution in [3.8, 4) is 0 Å². The summed E-state index contributed by atoms with van der Waals surface area (Å²) in [5, 5.41) is 16.1. The molecule has 9 nitrogen and oxygen atoms in total. The quantitative estimate of drug-likeness (QED) is 0.539. The Bertz CT molecular complexity index is 1380. The van der Waals surface area contributed by atoms with Crippen LogP contribution in [-0.2, 0) is 24.0 Å². The van der Waals surface area contributed by atoms with E-state index in [1.165, 1.54) is 4.57 Å². The van der Waals surface area contributed by atoms with Crippen molar-refractivity contribution < 1.29 is 29.1 Å². The third-order valence-electron chi connectivity index (χ3n) is 6.22. The van der Waals surface area contributed by atoms with Gasteiger partial charge in [0.2, 0.25) is 0 Å². The van der Waals surface area contributed by atoms with Crippen LogP contribution in [0.1, 0.15) is 31.7 Å². The van der Waals surface area contributed by atoms with Crippen LogP contribution in [0, 0.1) is 11.8 Å². The summed E-state index contributed by atoms with van der Waals surface area (Å²) >= 11 is 0. The van der Waals surface area contributed by atoms with Crippen LogP contribution in [0.2, 0.25) is 0 Å². The monoisotopic (exact) mass is 433 g/mol. The van der Waals surface area contributed by atoms with Gasteiger partial charge in [-0.05, 0) is 43.4 Å². The summed E-state index contributed by atoms with van der Waals surface area (Å²) in [6, 6.07) is 4.47. The van der Waals surface area contributed by atoms with Crippen LogP contribution in [0.15, 0.2) is 29.6 Å². The summed E-state index contributed by atoms with van der Waals surface area (Å²) in [6.07, 6.45) is 1.82. The van der Waals surface area contributed by atoms with Crippen LogP contribution < -0.4 is 21.3 Å². The highest BCUT2D eigenvalue weighted by Gasteiger charge is 2.34. The van der Waals surface area contributed by atoms with Crippen LogP contribution in [0.25, 0.3) is 10.8 Å². The second-order valence-corrected chi connectivity index (χ2v) is 8.06. The molecule has 1 atom stereocenters. The van der Waals surface area contributed by atoms with Gasteiger partial charge in [0.15, 0.2) is 11.9 Å². The zero-order valence-electron chi connectivity index (χ0n) is 16.9. The fourth-order valence-electron chi connectivity index (χ4n) is 4.48. The summed E-state index contributed by atoms with van der Waals surface area (Å²) in [5.74, 6) is 6.41. The number of nitrogens with zero attached hydrogens (tertiary/aromatic N) is 1. The van der Waals surface area contributed by atoms with Gasteiger partial charge in [-0.15, -0.1) is 0 Å². The average molecular weight is 433 g/mol. The summed E-state index contributed by atoms with van der Waals surface area (Å²) in [7, 11) is 0. The fraction of sp³-hybridized carbons (Fsp3) is 0.348. The molecular weight excluding hydrogens is 414 g/mol. The molecule has 1 saturated heterocycles. The van der Waals surface area contributed by atoms with Gasteiger partial charge in [0.1, 0.15) is 34.0 Å². The Hall–Kier alpha value is -4.11. The van der Waals surface area contributed by atoms with E-state index >= 15 is 0 Å². The van der Waals surface area contributed by atoms with Gasteiger partial charge in [0.05, 0.1) is 12.0 Å². The van der Waals surface area contributed by atoms with Gasteiger partial charge in [-0.25, -0.2) is 19.2 Å². The summed E-state index contributed by atoms with van der Waals surface area (Å²) in [5.41, 5.74) is 0.942. The second kappa shape index (κ2) is 8.56. The molecule has 2 heterocycles. The summed E-state index contributed by atoms with van der Waals surface area (Å²) in [4.78, 5) is 57.1. The Morgan fingerprint density at radius 1 is 1.06 bits per heavy atom. The van der Waals surface area contributed by atoms with Crippen LogP contribution >= 0.6 is 0 Å². The molecule has 9 heteroatoms. The zero-order chi connectivity index (χ0) is 22.8. The smallest absolute Gasteiger partial charge is 0.306 e. The van der Waals surface area contributed by atoms with Gasteiger partial charge < -0.3 is 20.3 Å². The van der Waals surface area contributed by atoms with E-state index < -0.39 is 12.0 Å². The number of rotatable bonds is 5. The SMILES string of the molecule is O=C=C1CCC(n2c(=C=O)c3ccc(NCC4CC(C(=O)O)C4)cc3c2=C=O)C(=C=O)N1. The lowest BCUT2D eigenvalue weighted by molar-refractivity contribution is -0.146. The van der Waals surface area contributed by atoms with Crippen molar-refractivity contribution >= 4 is 46.2 Å². The Morgan fingerprint density at radius 3 is 2.41 bits per heavy atom. The van der Waals surface area contributed by atoms with Gasteiger partial charge in [-0.1, -0.05) is 0 Å². The molecule has 2 aliphatic rings. The predicted molar refractivity (Wildman–Crippen MR) is 113 cm³/mol. The zero-order valence-corrected chi connectivity index (χ0v) is 16.9. The molecule has 0 radical (unpaired) electrons. The normalized spacial score (nSPS) is 22.1. The number of piperidine rings is 1. The molecule has 0 bridgehead atoms. The molecule has 2 fully saturated rings. The minimum absolute atomic E-state index is 0.0271. The highest BCUT2D eigenvalue weighted by Crippen LogP contribution is 2.34. The molecule has 162 valence electrons. The Balaban J connectivity index is 1.70. The van der Waals surface area contributed by atoms with Gasteiger partial charge in [0, 0.05) is 29.4 Å². The van der Waals surface area contributed by atoms with Gasteiger partial charge in [0.25, 0.3) is 0 Å². The van der Waals surface area contributed by atoms with Crippen LogP contribution in [-0.4, -0.2) is 46.0 Å². The van der Waals surface area contributed by atoms with E-state index in [4.69, 9.17) is 5.11 Å². The van der Waals surface area contributed by atoms with Crippen molar-refractivity contribution in [3.05, 3.63) is 40.3 Å². The number of fused-ring (bicyclic) bond motifs is 1. The van der Waals surface area contributed by atoms with Crippen LogP contribution in [0.3, 0.4) is 0 Å². The molecule has 0 spiro atoms. The number of hydrogen-bond acceptors (Lipinski definition) is 7. The van der Waals surface area contributed by atoms with E-state index in [1.807, 2.05) is 11.9 Å². The molecule has 1 aromatic carbocycles. The molecule has 1 aliphatic heterocycles. The van der Waals surface area contributed by atoms with E-state index in [0.29, 0.717) is 42.3 Å². The first-order valence-corrected chi connectivity index (χ1v) is 10.2. The van der Waals surface area contributed by atoms with Crippen molar-refractivity contribution in [2.75, 3.05) is 11.9 Å². The van der Waals surface area contributed by atoms with Gasteiger partial charge in [-0.2, -0.15) is 0 Å². The Morgan fingerprint density at radius 2 is 1.78 bits per heavy atom. The van der Waals surface area contributed by atoms with Crippen LogP contribution in [0.5, 0.6) is 0 Å². The molecule has 3 N–H and O–H groups in total. The van der Waals surface area contributed by atoms with Crippen molar-refractivity contribution in [3.63, 3.8) is 0 Å². The third kappa shape index (κ3) is 3.58. The highest BCUT2D eigenvalue weighted by molar-refractivity contribution is 5.91. The molecule has 1 saturated carbocycles. The molecule has 32 heavy (non-hydrogen) atoms. The largest absolute Gasteiger partial charge is 0.481 e. The minimum Gasteiger partial charge on any atom is -0.481 e. The van der Waals surface area contributed by atoms with E-state index in [2.05, 4.69) is 10.6 Å². The maximum Gasteiger partial charge on any atom is 0.306 e. The number of carboxylic acids is 1. The van der Waals surface area contributed by atoms with Crippen molar-refractivity contribution in [2.24, 2.45) is 11.8 Å². The van der Waals surface area contributed by atoms with Crippen molar-refractivity contribution in [1.82, 2.24) is 9.88 Å². The van der Waals surface area contributed by atoms with E-state index in [9.17, 15) is 24.0 Å². The molecule has 4 rings (SSSR count). The van der Waals surface area contributed by atoms with Gasteiger partial charge >= 0.3 is 5.97 Å². The molecule has 2 aromatic rings. The maximum absolute atomic E-state index is 11.9. The number of allylic oxidation sites excluding steroid dienone is 2. The average Bonchev–Trinajstić information content (AvgIpc) is 3.09. The number of anilines is 1. The van der Waals surface area contributed by atoms with Crippen LogP contribution in [0.4, 0.5) is 5.69 Å². The summed E-state index contributed by atoms with van der Waals surface area (Å²) in [6.45, 7) is 0.591. The number of aromatic nitrogens is 1. The number of aliphatic carboxylic acids is 1. The predicted octanol–water partition coefficient (Wildman–Crippen LogP) is -0.474. The lowest BCUT2D eigenvalue weighted by Crippen LogP contribution is -2.39. The molecular formula is C23H19N3O6. The minimum atomic E-state index is -0.774. The van der Waals surface area contributed by atoms with E-state index in [-0.39, 0.29) is 40.3 Å². The van der Waals surface area contributed by atoms with Crippen molar-refractivity contribution in [2.45, 2.75) is 31.7 Å². The molecule has 1 aliphatic carbocycles. The number of carboxylic acid groups (broad SMARTS) is 1. The lowest BCUT2D eigenvalue weighted by atomic mass is 9.75. The van der Waals surface area contributed by atoms with E-state index in [0.717, 1.165) is 0 Å². The second-order valence-electron chi connectivity index (χ2n) is 8.06. The number of carbonyl (C=O) groups excluding carboxylic acids is 4. The number of hydrogen-bond donors (Lipinski definition) is 3. The Labute approximate surface area is 181 Å². The highest BCUT2D eigenvalue weighted by atomic mass is 16.4. The standard InChI is InChI=1S/C23H19N3O6/c27-9-16-2-4-20(19(10-28)25-16)26-21(11-29)17-3-1-15(7-18(17)22(26)12-30)24-8-13-5-14(6-13)23(31)32/h1,3,7,13-14,20,24-25H,2,4-6,8H2,(H,31,32). The first-order chi connectivity index (χ1) is 15.5. The van der Waals surface area contributed by atoms with Crippen molar-refractivity contribution in [1.29, 1.82) is 0 Å².